The smallest absolute Gasteiger partial charge is 0.465 e. The Morgan fingerprint density at radius 2 is 1.32 bits per heavy atom. The molecule has 0 unspecified atom stereocenters. The summed E-state index contributed by atoms with van der Waals surface area (Å²) in [6.45, 7) is 11.9. The number of amides is 1. The van der Waals surface area contributed by atoms with Crippen LogP contribution in [0.25, 0.3) is 0 Å². The lowest BCUT2D eigenvalue weighted by atomic mass is 10.2. The van der Waals surface area contributed by atoms with Crippen molar-refractivity contribution in [3.8, 4) is 0 Å². The van der Waals surface area contributed by atoms with Crippen LogP contribution in [0.1, 0.15) is 41.5 Å². The van der Waals surface area contributed by atoms with Crippen molar-refractivity contribution < 1.29 is 37.5 Å². The topological polar surface area (TPSA) is 113 Å². The van der Waals surface area contributed by atoms with Gasteiger partial charge in [0.25, 0.3) is 0 Å². The Morgan fingerprint density at radius 1 is 0.880 bits per heavy atom. The van der Waals surface area contributed by atoms with E-state index < -0.39 is 25.1 Å². The molecule has 1 amide bonds. The third kappa shape index (κ3) is 16.5. The van der Waals surface area contributed by atoms with Crippen molar-refractivity contribution in [1.29, 1.82) is 0 Å². The van der Waals surface area contributed by atoms with Crippen molar-refractivity contribution in [3.63, 3.8) is 0 Å². The molecule has 0 aromatic heterocycles. The molecule has 0 aliphatic rings. The molecule has 10 heteroatoms. The van der Waals surface area contributed by atoms with E-state index in [4.69, 9.17) is 28.2 Å². The zero-order valence-corrected chi connectivity index (χ0v) is 16.9. The van der Waals surface area contributed by atoms with Crippen LogP contribution in [-0.4, -0.2) is 62.0 Å². The van der Waals surface area contributed by atoms with E-state index in [9.17, 15) is 9.36 Å². The fourth-order valence-electron chi connectivity index (χ4n) is 1.50. The first-order chi connectivity index (χ1) is 11.3. The maximum Gasteiger partial charge on any atom is 0.475 e. The van der Waals surface area contributed by atoms with Gasteiger partial charge in [0, 0.05) is 6.54 Å². The average Bonchev–Trinajstić information content (AvgIpc) is 2.35. The van der Waals surface area contributed by atoms with Crippen LogP contribution in [0.2, 0.25) is 0 Å². The van der Waals surface area contributed by atoms with Crippen molar-refractivity contribution in [2.75, 3.05) is 39.6 Å². The maximum atomic E-state index is 12.7. The summed E-state index contributed by atoms with van der Waals surface area (Å²) < 4.78 is 39.4. The third-order valence-corrected chi connectivity index (χ3v) is 4.18. The summed E-state index contributed by atoms with van der Waals surface area (Å²) in [7, 11) is -3.72. The van der Waals surface area contributed by atoms with E-state index in [1.54, 1.807) is 41.5 Å². The molecule has 0 radical (unpaired) electrons. The van der Waals surface area contributed by atoms with Gasteiger partial charge in [-0.25, -0.2) is 9.36 Å². The molecule has 0 heterocycles. The summed E-state index contributed by atoms with van der Waals surface area (Å²) in [5, 5.41) is 10.6. The van der Waals surface area contributed by atoms with Crippen LogP contribution in [0.4, 0.5) is 4.79 Å². The zero-order valence-electron chi connectivity index (χ0n) is 16.0. The molecule has 9 nitrogen and oxygen atoms in total. The lowest BCUT2D eigenvalue weighted by Crippen LogP contribution is -2.26. The summed E-state index contributed by atoms with van der Waals surface area (Å²) in [6, 6.07) is 0. The monoisotopic (exact) mass is 385 g/mol. The molecule has 2 N–H and O–H groups in total. The van der Waals surface area contributed by atoms with Crippen molar-refractivity contribution >= 4 is 13.9 Å². The van der Waals surface area contributed by atoms with Gasteiger partial charge in [0.15, 0.2) is 0 Å². The molecule has 150 valence electrons. The molecule has 0 aliphatic carbocycles. The Kier molecular flexibility index (Phi) is 10.8. The second-order valence-corrected chi connectivity index (χ2v) is 8.66. The molecule has 0 aromatic carbocycles. The van der Waals surface area contributed by atoms with Crippen LogP contribution < -0.4 is 5.32 Å². The molecule has 0 spiro atoms. The largest absolute Gasteiger partial charge is 0.475 e. The Labute approximate surface area is 149 Å². The Balaban J connectivity index is 3.99. The lowest BCUT2D eigenvalue weighted by Gasteiger charge is -2.30. The van der Waals surface area contributed by atoms with Gasteiger partial charge in [-0.2, -0.15) is 0 Å². The molecule has 0 fully saturated rings. The van der Waals surface area contributed by atoms with E-state index in [-0.39, 0.29) is 26.4 Å². The first kappa shape index (κ1) is 24.3. The van der Waals surface area contributed by atoms with E-state index in [0.717, 1.165) is 0 Å². The molecular formula is C15H32NO8P. The second-order valence-electron chi connectivity index (χ2n) is 7.14. The molecule has 0 saturated heterocycles. The predicted molar refractivity (Wildman–Crippen MR) is 92.9 cm³/mol. The molecule has 0 atom stereocenters. The molecule has 25 heavy (non-hydrogen) atoms. The SMILES string of the molecule is CC(C)(C)OP(=O)(OCCOCCOCCNC(=O)O)OC(C)(C)C. The van der Waals surface area contributed by atoms with Crippen molar-refractivity contribution in [2.24, 2.45) is 0 Å². The van der Waals surface area contributed by atoms with Gasteiger partial charge in [0.05, 0.1) is 44.2 Å². The second kappa shape index (κ2) is 11.1. The predicted octanol–water partition coefficient (Wildman–Crippen LogP) is 3.04. The van der Waals surface area contributed by atoms with Gasteiger partial charge < -0.3 is 19.9 Å². The number of hydrogen-bond donors (Lipinski definition) is 2. The van der Waals surface area contributed by atoms with Crippen LogP contribution in [0.3, 0.4) is 0 Å². The van der Waals surface area contributed by atoms with Gasteiger partial charge in [-0.1, -0.05) is 0 Å². The summed E-state index contributed by atoms with van der Waals surface area (Å²) in [5.41, 5.74) is -1.36. The highest BCUT2D eigenvalue weighted by molar-refractivity contribution is 7.48. The number of nitrogens with one attached hydrogen (secondary N) is 1. The van der Waals surface area contributed by atoms with Gasteiger partial charge in [-0.05, 0) is 41.5 Å². The van der Waals surface area contributed by atoms with Crippen LogP contribution >= 0.6 is 7.82 Å². The Bertz CT molecular complexity index is 410. The minimum atomic E-state index is -3.72. The van der Waals surface area contributed by atoms with E-state index in [2.05, 4.69) is 5.32 Å². The minimum Gasteiger partial charge on any atom is -0.465 e. The van der Waals surface area contributed by atoms with Crippen LogP contribution in [0, 0.1) is 0 Å². The van der Waals surface area contributed by atoms with Gasteiger partial charge >= 0.3 is 13.9 Å². The highest BCUT2D eigenvalue weighted by Gasteiger charge is 2.36. The van der Waals surface area contributed by atoms with E-state index in [1.165, 1.54) is 0 Å². The molecule has 0 rings (SSSR count). The number of carboxylic acid groups (broad SMARTS) is 1. The van der Waals surface area contributed by atoms with Gasteiger partial charge in [-0.15, -0.1) is 0 Å². The number of rotatable bonds is 12. The Morgan fingerprint density at radius 3 is 1.76 bits per heavy atom. The number of carbonyl (C=O) groups is 1. The van der Waals surface area contributed by atoms with Crippen molar-refractivity contribution in [3.05, 3.63) is 0 Å². The summed E-state index contributed by atoms with van der Waals surface area (Å²) in [6.07, 6.45) is -1.09. The normalized spacial score (nSPS) is 13.0. The summed E-state index contributed by atoms with van der Waals surface area (Å²) >= 11 is 0. The molecule has 0 aromatic rings. The first-order valence-corrected chi connectivity index (χ1v) is 9.57. The average molecular weight is 385 g/mol. The molecule has 0 aliphatic heterocycles. The molecule has 0 bridgehead atoms. The highest BCUT2D eigenvalue weighted by atomic mass is 31.2. The van der Waals surface area contributed by atoms with Crippen LogP contribution in [0.15, 0.2) is 0 Å². The van der Waals surface area contributed by atoms with Crippen LogP contribution in [0.5, 0.6) is 0 Å². The highest BCUT2D eigenvalue weighted by Crippen LogP contribution is 2.55. The fourth-order valence-corrected chi connectivity index (χ4v) is 3.28. The first-order valence-electron chi connectivity index (χ1n) is 8.11. The number of phosphoric acid groups is 1. The van der Waals surface area contributed by atoms with E-state index >= 15 is 0 Å². The van der Waals surface area contributed by atoms with Crippen molar-refractivity contribution in [1.82, 2.24) is 5.32 Å². The summed E-state index contributed by atoms with van der Waals surface area (Å²) in [5.74, 6) is 0. The number of ether oxygens (including phenoxy) is 2. The molecular weight excluding hydrogens is 353 g/mol. The standard InChI is InChI=1S/C15H32NO8P/c1-14(2,3)23-25(19,24-15(4,5)6)22-12-11-21-10-9-20-8-7-16-13(17)18/h16H,7-12H2,1-6H3,(H,17,18). The van der Waals surface area contributed by atoms with Gasteiger partial charge in [0.1, 0.15) is 0 Å². The zero-order chi connectivity index (χ0) is 19.6. The lowest BCUT2D eigenvalue weighted by molar-refractivity contribution is -0.0109. The van der Waals surface area contributed by atoms with E-state index in [0.29, 0.717) is 13.2 Å². The van der Waals surface area contributed by atoms with Crippen molar-refractivity contribution in [2.45, 2.75) is 52.7 Å². The fraction of sp³-hybridized carbons (Fsp3) is 0.933. The van der Waals surface area contributed by atoms with Gasteiger partial charge in [0.2, 0.25) is 0 Å². The number of hydrogen-bond acceptors (Lipinski definition) is 7. The van der Waals surface area contributed by atoms with Crippen LogP contribution in [-0.2, 0) is 27.6 Å². The summed E-state index contributed by atoms with van der Waals surface area (Å²) in [4.78, 5) is 10.2. The minimum absolute atomic E-state index is 0.0456. The third-order valence-electron chi connectivity index (χ3n) is 2.14. The van der Waals surface area contributed by atoms with Gasteiger partial charge in [-0.3, -0.25) is 13.6 Å². The Hall–Kier alpha value is -0.700. The van der Waals surface area contributed by atoms with E-state index in [1.807, 2.05) is 0 Å². The quantitative estimate of drug-likeness (QED) is 0.389. The molecule has 0 saturated carbocycles. The maximum absolute atomic E-state index is 12.7. The number of phosphoric ester groups is 1.